The summed E-state index contributed by atoms with van der Waals surface area (Å²) in [5.74, 6) is 0.299. The summed E-state index contributed by atoms with van der Waals surface area (Å²) >= 11 is 0. The van der Waals surface area contributed by atoms with E-state index in [-0.39, 0.29) is 36.3 Å². The topological polar surface area (TPSA) is 52.8 Å². The van der Waals surface area contributed by atoms with Gasteiger partial charge >= 0.3 is 0 Å². The van der Waals surface area contributed by atoms with Gasteiger partial charge in [0.05, 0.1) is 0 Å². The summed E-state index contributed by atoms with van der Waals surface area (Å²) in [6.07, 6.45) is 1.57. The lowest BCUT2D eigenvalue weighted by atomic mass is 9.79. The minimum absolute atomic E-state index is 0. The van der Waals surface area contributed by atoms with E-state index < -0.39 is 0 Å². The number of likely N-dealkylation sites (N-methyl/N-ethyl adjacent to an activating group) is 1. The van der Waals surface area contributed by atoms with Crippen molar-refractivity contribution in [3.05, 3.63) is 0 Å². The monoisotopic (exact) mass is 368 g/mol. The SMILES string of the molecule is CCN1CCN(CCC(=O)N2CCC(N)C(C)(C)C2)CC1.Cl.Cl. The third-order valence-corrected chi connectivity index (χ3v) is 5.22. The molecule has 0 aromatic heterocycles. The van der Waals surface area contributed by atoms with Crippen LogP contribution in [0.15, 0.2) is 0 Å². The molecule has 2 rings (SSSR count). The van der Waals surface area contributed by atoms with Gasteiger partial charge in [-0.25, -0.2) is 0 Å². The van der Waals surface area contributed by atoms with E-state index in [2.05, 4.69) is 30.6 Å². The molecule has 0 aliphatic carbocycles. The van der Waals surface area contributed by atoms with E-state index >= 15 is 0 Å². The van der Waals surface area contributed by atoms with Gasteiger partial charge in [-0.05, 0) is 18.4 Å². The smallest absolute Gasteiger partial charge is 0.223 e. The third-order valence-electron chi connectivity index (χ3n) is 5.22. The molecule has 0 spiro atoms. The number of halogens is 2. The fourth-order valence-electron chi connectivity index (χ4n) is 3.33. The molecule has 2 heterocycles. The van der Waals surface area contributed by atoms with E-state index in [0.717, 1.165) is 58.8 Å². The van der Waals surface area contributed by atoms with Crippen molar-refractivity contribution in [1.29, 1.82) is 0 Å². The number of nitrogens with zero attached hydrogens (tertiary/aromatic N) is 3. The first-order chi connectivity index (χ1) is 9.92. The maximum Gasteiger partial charge on any atom is 0.223 e. The minimum Gasteiger partial charge on any atom is -0.342 e. The van der Waals surface area contributed by atoms with Gasteiger partial charge in [0.1, 0.15) is 0 Å². The highest BCUT2D eigenvalue weighted by molar-refractivity contribution is 5.85. The van der Waals surface area contributed by atoms with Crippen LogP contribution in [0.25, 0.3) is 0 Å². The van der Waals surface area contributed by atoms with Crippen LogP contribution in [-0.2, 0) is 4.79 Å². The van der Waals surface area contributed by atoms with Crippen molar-refractivity contribution in [1.82, 2.24) is 14.7 Å². The summed E-state index contributed by atoms with van der Waals surface area (Å²) in [6, 6.07) is 0.212. The van der Waals surface area contributed by atoms with Crippen molar-refractivity contribution in [3.8, 4) is 0 Å². The van der Waals surface area contributed by atoms with Gasteiger partial charge in [0, 0.05) is 58.3 Å². The van der Waals surface area contributed by atoms with Gasteiger partial charge in [-0.3, -0.25) is 4.79 Å². The van der Waals surface area contributed by atoms with Crippen LogP contribution in [0.1, 0.15) is 33.6 Å². The Morgan fingerprint density at radius 2 is 1.65 bits per heavy atom. The van der Waals surface area contributed by atoms with Crippen LogP contribution in [0.3, 0.4) is 0 Å². The number of nitrogens with two attached hydrogens (primary N) is 1. The molecule has 7 heteroatoms. The number of carbonyl (C=O) groups excluding carboxylic acids is 1. The number of piperazine rings is 1. The molecule has 138 valence electrons. The fourth-order valence-corrected chi connectivity index (χ4v) is 3.33. The molecular formula is C16H34Cl2N4O. The van der Waals surface area contributed by atoms with Crippen LogP contribution in [0.4, 0.5) is 0 Å². The van der Waals surface area contributed by atoms with Gasteiger partial charge < -0.3 is 20.4 Å². The minimum atomic E-state index is 0. The van der Waals surface area contributed by atoms with Crippen LogP contribution in [-0.4, -0.2) is 79.0 Å². The van der Waals surface area contributed by atoms with Crippen molar-refractivity contribution in [2.75, 3.05) is 52.4 Å². The largest absolute Gasteiger partial charge is 0.342 e. The Balaban J connectivity index is 0.00000242. The molecule has 0 aromatic rings. The van der Waals surface area contributed by atoms with E-state index in [4.69, 9.17) is 5.73 Å². The second-order valence-corrected chi connectivity index (χ2v) is 7.22. The van der Waals surface area contributed by atoms with Crippen LogP contribution < -0.4 is 5.73 Å². The molecule has 2 fully saturated rings. The number of piperidine rings is 1. The van der Waals surface area contributed by atoms with Crippen molar-refractivity contribution >= 4 is 30.7 Å². The zero-order valence-corrected chi connectivity index (χ0v) is 16.4. The molecule has 0 aromatic carbocycles. The summed E-state index contributed by atoms with van der Waals surface area (Å²) in [5.41, 5.74) is 6.18. The molecule has 0 radical (unpaired) electrons. The van der Waals surface area contributed by atoms with Crippen LogP contribution >= 0.6 is 24.8 Å². The van der Waals surface area contributed by atoms with Gasteiger partial charge in [-0.1, -0.05) is 20.8 Å². The Morgan fingerprint density at radius 1 is 1.09 bits per heavy atom. The maximum absolute atomic E-state index is 12.4. The maximum atomic E-state index is 12.4. The molecule has 0 saturated carbocycles. The summed E-state index contributed by atoms with van der Waals surface area (Å²) in [6.45, 7) is 14.7. The quantitative estimate of drug-likeness (QED) is 0.815. The highest BCUT2D eigenvalue weighted by Gasteiger charge is 2.35. The number of rotatable bonds is 4. The lowest BCUT2D eigenvalue weighted by molar-refractivity contribution is -0.135. The number of hydrogen-bond acceptors (Lipinski definition) is 4. The fraction of sp³-hybridized carbons (Fsp3) is 0.938. The molecule has 2 aliphatic heterocycles. The molecule has 5 nitrogen and oxygen atoms in total. The van der Waals surface area contributed by atoms with E-state index in [1.807, 2.05) is 4.90 Å². The van der Waals surface area contributed by atoms with E-state index in [1.165, 1.54) is 0 Å². The van der Waals surface area contributed by atoms with Crippen molar-refractivity contribution in [2.45, 2.75) is 39.7 Å². The normalized spacial score (nSPS) is 25.4. The van der Waals surface area contributed by atoms with Gasteiger partial charge in [0.15, 0.2) is 0 Å². The molecule has 2 N–H and O–H groups in total. The van der Waals surface area contributed by atoms with E-state index in [1.54, 1.807) is 0 Å². The number of carbonyl (C=O) groups is 1. The zero-order valence-electron chi connectivity index (χ0n) is 14.8. The number of amides is 1. The van der Waals surface area contributed by atoms with Crippen molar-refractivity contribution in [3.63, 3.8) is 0 Å². The Bertz CT molecular complexity index is 360. The molecule has 1 unspecified atom stereocenters. The summed E-state index contributed by atoms with van der Waals surface area (Å²) < 4.78 is 0. The highest BCUT2D eigenvalue weighted by atomic mass is 35.5. The summed E-state index contributed by atoms with van der Waals surface area (Å²) in [5, 5.41) is 0. The molecule has 1 amide bonds. The highest BCUT2D eigenvalue weighted by Crippen LogP contribution is 2.27. The Morgan fingerprint density at radius 3 is 2.17 bits per heavy atom. The second kappa shape index (κ2) is 10.0. The predicted octanol–water partition coefficient (Wildman–Crippen LogP) is 1.44. The predicted molar refractivity (Wildman–Crippen MR) is 101 cm³/mol. The lowest BCUT2D eigenvalue weighted by Gasteiger charge is -2.43. The van der Waals surface area contributed by atoms with Crippen molar-refractivity contribution in [2.24, 2.45) is 11.1 Å². The van der Waals surface area contributed by atoms with Crippen molar-refractivity contribution < 1.29 is 4.79 Å². The molecule has 2 saturated heterocycles. The van der Waals surface area contributed by atoms with Crippen LogP contribution in [0.5, 0.6) is 0 Å². The number of hydrogen-bond donors (Lipinski definition) is 1. The average Bonchev–Trinajstić information content (AvgIpc) is 2.48. The first-order valence-electron chi connectivity index (χ1n) is 8.40. The first kappa shape index (κ1) is 22.9. The van der Waals surface area contributed by atoms with Gasteiger partial charge in [0.2, 0.25) is 5.91 Å². The molecule has 1 atom stereocenters. The zero-order chi connectivity index (χ0) is 15.5. The number of likely N-dealkylation sites (tertiary alicyclic amines) is 1. The van der Waals surface area contributed by atoms with E-state index in [9.17, 15) is 4.79 Å². The van der Waals surface area contributed by atoms with Gasteiger partial charge in [-0.15, -0.1) is 24.8 Å². The molecule has 23 heavy (non-hydrogen) atoms. The average molecular weight is 369 g/mol. The molecule has 2 aliphatic rings. The Labute approximate surface area is 153 Å². The van der Waals surface area contributed by atoms with Crippen LogP contribution in [0, 0.1) is 5.41 Å². The molecule has 0 bridgehead atoms. The van der Waals surface area contributed by atoms with Crippen LogP contribution in [0.2, 0.25) is 0 Å². The summed E-state index contributed by atoms with van der Waals surface area (Å²) in [4.78, 5) is 19.3. The molecular weight excluding hydrogens is 335 g/mol. The Kier molecular flexibility index (Phi) is 10.0. The van der Waals surface area contributed by atoms with Gasteiger partial charge in [-0.2, -0.15) is 0 Å². The Hall–Kier alpha value is -0.0700. The lowest BCUT2D eigenvalue weighted by Crippen LogP contribution is -2.54. The van der Waals surface area contributed by atoms with Gasteiger partial charge in [0.25, 0.3) is 0 Å². The third kappa shape index (κ3) is 6.39. The first-order valence-corrected chi connectivity index (χ1v) is 8.40. The second-order valence-electron chi connectivity index (χ2n) is 7.22. The van der Waals surface area contributed by atoms with E-state index in [0.29, 0.717) is 12.3 Å². The summed E-state index contributed by atoms with van der Waals surface area (Å²) in [7, 11) is 0. The standard InChI is InChI=1S/C16H32N4O.2ClH/c1-4-18-9-11-19(12-10-18)7-6-15(21)20-8-5-14(17)16(2,3)13-20;;/h14H,4-13,17H2,1-3H3;2*1H.